The zero-order valence-corrected chi connectivity index (χ0v) is 21.4. The summed E-state index contributed by atoms with van der Waals surface area (Å²) in [5.41, 5.74) is 1.72. The van der Waals surface area contributed by atoms with E-state index in [4.69, 9.17) is 18.6 Å². The largest absolute Gasteiger partial charge is 0.492 e. The molecular weight excluding hydrogens is 472 g/mol. The van der Waals surface area contributed by atoms with E-state index in [1.54, 1.807) is 11.1 Å². The van der Waals surface area contributed by atoms with Crippen molar-refractivity contribution >= 4 is 11.9 Å². The highest BCUT2D eigenvalue weighted by Crippen LogP contribution is 2.26. The molecule has 1 unspecified atom stereocenters. The molecular formula is C29H34N2O6. The fourth-order valence-electron chi connectivity index (χ4n) is 4.48. The van der Waals surface area contributed by atoms with E-state index >= 15 is 0 Å². The molecule has 1 amide bonds. The number of esters is 1. The number of hydrogen-bond donors (Lipinski definition) is 0. The van der Waals surface area contributed by atoms with Gasteiger partial charge in [0.25, 0.3) is 0 Å². The Kier molecular flexibility index (Phi) is 9.18. The van der Waals surface area contributed by atoms with E-state index in [0.29, 0.717) is 24.7 Å². The van der Waals surface area contributed by atoms with Crippen LogP contribution in [0.25, 0.3) is 11.3 Å². The predicted molar refractivity (Wildman–Crippen MR) is 138 cm³/mol. The van der Waals surface area contributed by atoms with Crippen LogP contribution in [0.5, 0.6) is 11.8 Å². The smallest absolute Gasteiger partial charge is 0.394 e. The van der Waals surface area contributed by atoms with Crippen LogP contribution >= 0.6 is 0 Å². The molecule has 0 radical (unpaired) electrons. The zero-order valence-electron chi connectivity index (χ0n) is 21.4. The molecule has 37 heavy (non-hydrogen) atoms. The Morgan fingerprint density at radius 1 is 1.05 bits per heavy atom. The van der Waals surface area contributed by atoms with Crippen molar-refractivity contribution in [1.82, 2.24) is 9.88 Å². The van der Waals surface area contributed by atoms with Gasteiger partial charge >= 0.3 is 12.0 Å². The number of carbonyl (C=O) groups excluding carboxylic acids is 2. The van der Waals surface area contributed by atoms with Gasteiger partial charge in [0.05, 0.1) is 19.9 Å². The number of ether oxygens (including phenoxy) is 3. The standard InChI is InChI=1S/C29H34N2O6/c1-31(27(32)23-11-7-4-8-12-23)17-18-35-24-15-13-21(14-16-24)19-25(28(33)34-2)36-29-30-20-26(37-29)22-9-5-3-6-10-22/h3,5-6,9-10,13-16,20,23,25H,4,7-8,11-12,17-19H2,1-2H3. The molecule has 8 nitrogen and oxygen atoms in total. The molecule has 0 N–H and O–H groups in total. The van der Waals surface area contributed by atoms with Crippen molar-refractivity contribution in [3.8, 4) is 23.1 Å². The van der Waals surface area contributed by atoms with E-state index < -0.39 is 12.1 Å². The Morgan fingerprint density at radius 2 is 1.78 bits per heavy atom. The third-order valence-electron chi connectivity index (χ3n) is 6.62. The molecule has 0 saturated heterocycles. The number of benzene rings is 2. The van der Waals surface area contributed by atoms with Crippen molar-refractivity contribution in [2.24, 2.45) is 5.92 Å². The number of amides is 1. The van der Waals surface area contributed by atoms with Gasteiger partial charge in [-0.05, 0) is 30.5 Å². The molecule has 196 valence electrons. The summed E-state index contributed by atoms with van der Waals surface area (Å²) in [6.07, 6.45) is 6.41. The molecule has 1 heterocycles. The van der Waals surface area contributed by atoms with Gasteiger partial charge in [0, 0.05) is 24.9 Å². The second kappa shape index (κ2) is 12.9. The van der Waals surface area contributed by atoms with Crippen molar-refractivity contribution in [3.63, 3.8) is 0 Å². The van der Waals surface area contributed by atoms with Crippen LogP contribution in [0.15, 0.2) is 65.2 Å². The maximum atomic E-state index is 12.6. The van der Waals surface area contributed by atoms with E-state index in [-0.39, 0.29) is 24.3 Å². The number of nitrogens with zero attached hydrogens (tertiary/aromatic N) is 2. The Hall–Kier alpha value is -3.81. The SMILES string of the molecule is COC(=O)C(Cc1ccc(OCCN(C)C(=O)C2CCCCC2)cc1)Oc1ncc(-c2ccccc2)o1. The highest BCUT2D eigenvalue weighted by atomic mass is 16.6. The van der Waals surface area contributed by atoms with E-state index in [1.165, 1.54) is 13.5 Å². The molecule has 4 rings (SSSR count). The van der Waals surface area contributed by atoms with Crippen LogP contribution in [-0.4, -0.2) is 55.2 Å². The molecule has 3 aromatic rings. The molecule has 1 aromatic heterocycles. The van der Waals surface area contributed by atoms with Crippen LogP contribution in [0.2, 0.25) is 0 Å². The highest BCUT2D eigenvalue weighted by molar-refractivity contribution is 5.78. The lowest BCUT2D eigenvalue weighted by atomic mass is 9.88. The normalized spacial score (nSPS) is 14.5. The molecule has 1 fully saturated rings. The summed E-state index contributed by atoms with van der Waals surface area (Å²) < 4.78 is 22.2. The van der Waals surface area contributed by atoms with Crippen molar-refractivity contribution in [2.45, 2.75) is 44.6 Å². The van der Waals surface area contributed by atoms with Crippen molar-refractivity contribution in [2.75, 3.05) is 27.3 Å². The van der Waals surface area contributed by atoms with Gasteiger partial charge in [-0.1, -0.05) is 61.7 Å². The fourth-order valence-corrected chi connectivity index (χ4v) is 4.48. The maximum Gasteiger partial charge on any atom is 0.394 e. The first-order valence-electron chi connectivity index (χ1n) is 12.8. The molecule has 1 aliphatic rings. The molecule has 0 bridgehead atoms. The van der Waals surface area contributed by atoms with Gasteiger partial charge in [-0.15, -0.1) is 0 Å². The molecule has 8 heteroatoms. The minimum absolute atomic E-state index is 0.00102. The lowest BCUT2D eigenvalue weighted by Crippen LogP contribution is -2.36. The van der Waals surface area contributed by atoms with Gasteiger partial charge in [0.1, 0.15) is 12.4 Å². The van der Waals surface area contributed by atoms with Gasteiger partial charge < -0.3 is 23.5 Å². The number of rotatable bonds is 11. The molecule has 1 saturated carbocycles. The number of hydrogen-bond acceptors (Lipinski definition) is 7. The first-order chi connectivity index (χ1) is 18.0. The van der Waals surface area contributed by atoms with Gasteiger partial charge in [-0.25, -0.2) is 4.79 Å². The van der Waals surface area contributed by atoms with E-state index in [9.17, 15) is 9.59 Å². The third kappa shape index (κ3) is 7.35. The number of likely N-dealkylation sites (N-methyl/N-ethyl adjacent to an activating group) is 1. The summed E-state index contributed by atoms with van der Waals surface area (Å²) in [5, 5.41) is 0. The Bertz CT molecular complexity index is 1140. The van der Waals surface area contributed by atoms with Gasteiger partial charge in [-0.3, -0.25) is 4.79 Å². The summed E-state index contributed by atoms with van der Waals surface area (Å²) in [6.45, 7) is 0.951. The van der Waals surface area contributed by atoms with Crippen molar-refractivity contribution in [3.05, 3.63) is 66.4 Å². The molecule has 0 spiro atoms. The summed E-state index contributed by atoms with van der Waals surface area (Å²) >= 11 is 0. The van der Waals surface area contributed by atoms with Gasteiger partial charge in [-0.2, -0.15) is 4.98 Å². The topological polar surface area (TPSA) is 91.1 Å². The highest BCUT2D eigenvalue weighted by Gasteiger charge is 2.25. The van der Waals surface area contributed by atoms with Crippen LogP contribution < -0.4 is 9.47 Å². The summed E-state index contributed by atoms with van der Waals surface area (Å²) in [6, 6.07) is 16.9. The van der Waals surface area contributed by atoms with Crippen LogP contribution in [0.4, 0.5) is 0 Å². The van der Waals surface area contributed by atoms with E-state index in [0.717, 1.165) is 36.8 Å². The summed E-state index contributed by atoms with van der Waals surface area (Å²) in [4.78, 5) is 30.9. The minimum Gasteiger partial charge on any atom is -0.492 e. The number of oxazole rings is 1. The first-order valence-corrected chi connectivity index (χ1v) is 12.8. The second-order valence-corrected chi connectivity index (χ2v) is 9.28. The average molecular weight is 507 g/mol. The Morgan fingerprint density at radius 3 is 2.49 bits per heavy atom. The Labute approximate surface area is 217 Å². The molecule has 1 atom stereocenters. The monoisotopic (exact) mass is 506 g/mol. The first kappa shape index (κ1) is 26.3. The summed E-state index contributed by atoms with van der Waals surface area (Å²) in [5.74, 6) is 1.09. The fraction of sp³-hybridized carbons (Fsp3) is 0.414. The van der Waals surface area contributed by atoms with Crippen LogP contribution in [-0.2, 0) is 20.7 Å². The predicted octanol–water partition coefficient (Wildman–Crippen LogP) is 4.92. The zero-order chi connectivity index (χ0) is 26.0. The number of carbonyl (C=O) groups is 2. The quantitative estimate of drug-likeness (QED) is 0.341. The molecule has 1 aliphatic carbocycles. The lowest BCUT2D eigenvalue weighted by Gasteiger charge is -2.26. The van der Waals surface area contributed by atoms with Crippen molar-refractivity contribution in [1.29, 1.82) is 0 Å². The maximum absolute atomic E-state index is 12.6. The Balaban J connectivity index is 1.28. The number of methoxy groups -OCH3 is 1. The third-order valence-corrected chi connectivity index (χ3v) is 6.62. The van der Waals surface area contributed by atoms with Gasteiger partial charge in [0.15, 0.2) is 5.76 Å². The van der Waals surface area contributed by atoms with Crippen molar-refractivity contribution < 1.29 is 28.2 Å². The van der Waals surface area contributed by atoms with Crippen LogP contribution in [0.1, 0.15) is 37.7 Å². The van der Waals surface area contributed by atoms with E-state index in [1.807, 2.05) is 61.6 Å². The van der Waals surface area contributed by atoms with E-state index in [2.05, 4.69) is 4.98 Å². The molecule has 2 aromatic carbocycles. The van der Waals surface area contributed by atoms with Crippen LogP contribution in [0, 0.1) is 5.92 Å². The number of aromatic nitrogens is 1. The average Bonchev–Trinajstić information content (AvgIpc) is 3.42. The molecule has 0 aliphatic heterocycles. The minimum atomic E-state index is -0.918. The second-order valence-electron chi connectivity index (χ2n) is 9.28. The van der Waals surface area contributed by atoms with Crippen LogP contribution in [0.3, 0.4) is 0 Å². The van der Waals surface area contributed by atoms with Gasteiger partial charge in [0.2, 0.25) is 12.0 Å². The lowest BCUT2D eigenvalue weighted by molar-refractivity contribution is -0.149. The summed E-state index contributed by atoms with van der Waals surface area (Å²) in [7, 11) is 3.16.